The third-order valence-corrected chi connectivity index (χ3v) is 4.05. The van der Waals surface area contributed by atoms with Crippen molar-refractivity contribution in [3.05, 3.63) is 16.7 Å². The van der Waals surface area contributed by atoms with E-state index in [1.165, 1.54) is 10.9 Å². The number of H-pyrrole nitrogens is 1. The maximum Gasteiger partial charge on any atom is 0.280 e. The molecule has 0 aromatic carbocycles. The molecule has 1 fully saturated rings. The Kier molecular flexibility index (Phi) is 4.81. The third-order valence-electron chi connectivity index (χ3n) is 4.05. The Bertz CT molecular complexity index is 760. The fourth-order valence-electron chi connectivity index (χ4n) is 2.69. The maximum absolute atomic E-state index is 12.1. The molecular weight excluding hydrogens is 318 g/mol. The van der Waals surface area contributed by atoms with Crippen molar-refractivity contribution in [3.8, 4) is 0 Å². The smallest absolute Gasteiger partial charge is 0.280 e. The first-order valence-corrected chi connectivity index (χ1v) is 7.90. The Morgan fingerprint density at radius 1 is 1.42 bits per heavy atom. The number of imidazole rings is 1. The van der Waals surface area contributed by atoms with Crippen LogP contribution >= 0.6 is 0 Å². The molecule has 24 heavy (non-hydrogen) atoms. The van der Waals surface area contributed by atoms with Gasteiger partial charge in [0, 0.05) is 6.54 Å². The fourth-order valence-corrected chi connectivity index (χ4v) is 2.69. The van der Waals surface area contributed by atoms with Gasteiger partial charge >= 0.3 is 0 Å². The molecule has 3 rings (SSSR count). The third kappa shape index (κ3) is 2.88. The van der Waals surface area contributed by atoms with Crippen molar-refractivity contribution >= 4 is 17.1 Å². The van der Waals surface area contributed by atoms with Crippen LogP contribution in [0.25, 0.3) is 11.2 Å². The van der Waals surface area contributed by atoms with Crippen molar-refractivity contribution in [2.24, 2.45) is 0 Å². The molecule has 2 aromatic rings. The van der Waals surface area contributed by atoms with Crippen LogP contribution in [0.3, 0.4) is 0 Å². The molecule has 2 aromatic heterocycles. The molecule has 3 heterocycles. The molecule has 10 nitrogen and oxygen atoms in total. The number of nitrogens with zero attached hydrogens (tertiary/aromatic N) is 3. The molecule has 4 atom stereocenters. The van der Waals surface area contributed by atoms with Crippen LogP contribution in [0.4, 0.5) is 5.95 Å². The summed E-state index contributed by atoms with van der Waals surface area (Å²) in [6.45, 7) is 2.28. The number of anilines is 1. The lowest BCUT2D eigenvalue weighted by atomic mass is 10.1. The number of nitrogens with one attached hydrogen (secondary N) is 2. The van der Waals surface area contributed by atoms with Gasteiger partial charge in [0.2, 0.25) is 5.95 Å². The Labute approximate surface area is 137 Å². The number of aliphatic hydroxyl groups is 3. The second-order valence-corrected chi connectivity index (χ2v) is 5.75. The van der Waals surface area contributed by atoms with E-state index in [0.717, 1.165) is 12.8 Å². The van der Waals surface area contributed by atoms with E-state index in [4.69, 9.17) is 4.74 Å². The zero-order valence-electron chi connectivity index (χ0n) is 13.2. The van der Waals surface area contributed by atoms with Crippen LogP contribution in [0.1, 0.15) is 26.0 Å². The van der Waals surface area contributed by atoms with E-state index in [2.05, 4.69) is 27.2 Å². The largest absolute Gasteiger partial charge is 0.394 e. The number of hydrogen-bond acceptors (Lipinski definition) is 8. The van der Waals surface area contributed by atoms with Gasteiger partial charge in [0.15, 0.2) is 17.4 Å². The number of rotatable bonds is 6. The van der Waals surface area contributed by atoms with Crippen LogP contribution in [0.15, 0.2) is 11.1 Å². The summed E-state index contributed by atoms with van der Waals surface area (Å²) in [7, 11) is 0. The summed E-state index contributed by atoms with van der Waals surface area (Å²) < 4.78 is 6.85. The van der Waals surface area contributed by atoms with Crippen LogP contribution in [0, 0.1) is 0 Å². The maximum atomic E-state index is 12.1. The minimum absolute atomic E-state index is 0.105. The minimum atomic E-state index is -1.27. The summed E-state index contributed by atoms with van der Waals surface area (Å²) >= 11 is 0. The van der Waals surface area contributed by atoms with Crippen LogP contribution in [0.2, 0.25) is 0 Å². The quantitative estimate of drug-likeness (QED) is 0.419. The predicted octanol–water partition coefficient (Wildman–Crippen LogP) is -1.06. The van der Waals surface area contributed by atoms with Gasteiger partial charge in [0.25, 0.3) is 5.56 Å². The van der Waals surface area contributed by atoms with Crippen LogP contribution in [-0.4, -0.2) is 66.3 Å². The van der Waals surface area contributed by atoms with Crippen LogP contribution in [-0.2, 0) is 4.74 Å². The highest BCUT2D eigenvalue weighted by Crippen LogP contribution is 2.30. The molecule has 0 spiro atoms. The van der Waals surface area contributed by atoms with Gasteiger partial charge in [0.1, 0.15) is 18.3 Å². The van der Waals surface area contributed by atoms with E-state index in [1.54, 1.807) is 0 Å². The topological polar surface area (TPSA) is 146 Å². The lowest BCUT2D eigenvalue weighted by molar-refractivity contribution is -0.0511. The highest BCUT2D eigenvalue weighted by Gasteiger charge is 2.44. The molecular formula is C14H21N5O5. The van der Waals surface area contributed by atoms with Gasteiger partial charge < -0.3 is 25.4 Å². The highest BCUT2D eigenvalue weighted by atomic mass is 16.6. The second kappa shape index (κ2) is 6.85. The Hall–Kier alpha value is -2.01. The molecule has 0 amide bonds. The lowest BCUT2D eigenvalue weighted by Gasteiger charge is -2.16. The molecule has 1 unspecified atom stereocenters. The first-order chi connectivity index (χ1) is 11.6. The van der Waals surface area contributed by atoms with Crippen LogP contribution in [0.5, 0.6) is 0 Å². The summed E-state index contributed by atoms with van der Waals surface area (Å²) in [5, 5.41) is 32.2. The Balaban J connectivity index is 1.95. The van der Waals surface area contributed by atoms with Gasteiger partial charge in [0.05, 0.1) is 12.9 Å². The molecule has 1 aliphatic rings. The van der Waals surface area contributed by atoms with E-state index in [0.29, 0.717) is 12.5 Å². The molecule has 10 heteroatoms. The molecule has 0 radical (unpaired) electrons. The van der Waals surface area contributed by atoms with Gasteiger partial charge in [-0.1, -0.05) is 13.3 Å². The van der Waals surface area contributed by atoms with Crippen molar-refractivity contribution in [1.82, 2.24) is 19.5 Å². The summed E-state index contributed by atoms with van der Waals surface area (Å²) in [6.07, 6.45) is -1.15. The summed E-state index contributed by atoms with van der Waals surface area (Å²) in [5.74, 6) is 0.300. The van der Waals surface area contributed by atoms with E-state index >= 15 is 0 Å². The second-order valence-electron chi connectivity index (χ2n) is 5.75. The van der Waals surface area contributed by atoms with Gasteiger partial charge in [-0.25, -0.2) is 4.98 Å². The summed E-state index contributed by atoms with van der Waals surface area (Å²) in [4.78, 5) is 23.1. The fraction of sp³-hybridized carbons (Fsp3) is 0.643. The van der Waals surface area contributed by atoms with Gasteiger partial charge in [-0.05, 0) is 6.42 Å². The molecule has 1 aliphatic heterocycles. The number of fused-ring (bicyclic) bond motifs is 1. The molecule has 0 saturated carbocycles. The number of ether oxygens (including phenoxy) is 1. The van der Waals surface area contributed by atoms with Crippen molar-refractivity contribution < 1.29 is 20.1 Å². The minimum Gasteiger partial charge on any atom is -0.394 e. The lowest BCUT2D eigenvalue weighted by Crippen LogP contribution is -2.33. The molecule has 5 N–H and O–H groups in total. The number of unbranched alkanes of at least 4 members (excludes halogenated alkanes) is 1. The first kappa shape index (κ1) is 16.8. The molecule has 132 valence electrons. The molecule has 1 saturated heterocycles. The zero-order valence-corrected chi connectivity index (χ0v) is 13.2. The molecule has 0 bridgehead atoms. The zero-order chi connectivity index (χ0) is 17.3. The van der Waals surface area contributed by atoms with Crippen molar-refractivity contribution in [3.63, 3.8) is 0 Å². The van der Waals surface area contributed by atoms with Crippen molar-refractivity contribution in [2.45, 2.75) is 44.3 Å². The van der Waals surface area contributed by atoms with Gasteiger partial charge in [-0.3, -0.25) is 14.3 Å². The number of aromatic nitrogens is 4. The normalized spacial score (nSPS) is 27.0. The van der Waals surface area contributed by atoms with Crippen LogP contribution < -0.4 is 10.9 Å². The number of hydrogen-bond donors (Lipinski definition) is 5. The number of aromatic amines is 1. The van der Waals surface area contributed by atoms with Gasteiger partial charge in [-0.2, -0.15) is 4.98 Å². The van der Waals surface area contributed by atoms with E-state index in [9.17, 15) is 20.1 Å². The summed E-state index contributed by atoms with van der Waals surface area (Å²) in [6, 6.07) is 0. The average Bonchev–Trinajstić information content (AvgIpc) is 3.10. The monoisotopic (exact) mass is 339 g/mol. The van der Waals surface area contributed by atoms with E-state index < -0.39 is 36.7 Å². The van der Waals surface area contributed by atoms with Gasteiger partial charge in [-0.15, -0.1) is 0 Å². The predicted molar refractivity (Wildman–Crippen MR) is 84.6 cm³/mol. The van der Waals surface area contributed by atoms with Crippen molar-refractivity contribution in [2.75, 3.05) is 18.5 Å². The highest BCUT2D eigenvalue weighted by molar-refractivity contribution is 5.70. The average molecular weight is 339 g/mol. The first-order valence-electron chi connectivity index (χ1n) is 7.90. The van der Waals surface area contributed by atoms with Crippen molar-refractivity contribution in [1.29, 1.82) is 0 Å². The Morgan fingerprint density at radius 3 is 2.88 bits per heavy atom. The summed E-state index contributed by atoms with van der Waals surface area (Å²) in [5.41, 5.74) is -0.0779. The SMILES string of the molecule is CCCCNc1nc2c(ncn2[C@@H]2O[C@H](CO)[C@H](O)C2O)c(=O)[nH]1. The molecule has 0 aliphatic carbocycles. The Morgan fingerprint density at radius 2 is 2.21 bits per heavy atom. The van der Waals surface area contributed by atoms with E-state index in [-0.39, 0.29) is 11.2 Å². The standard InChI is InChI=1S/C14H21N5O5/c1-2-3-4-15-14-17-11-8(12(23)18-14)16-6-19(11)13-10(22)9(21)7(5-20)24-13/h6-7,9-10,13,20-22H,2-5H2,1H3,(H2,15,17,18,23)/t7-,9+,10?,13-/m1/s1. The number of aliphatic hydroxyl groups excluding tert-OH is 3. The van der Waals surface area contributed by atoms with E-state index in [1.807, 2.05) is 0 Å².